The molecule has 2 saturated heterocycles. The highest BCUT2D eigenvalue weighted by molar-refractivity contribution is 6.31. The summed E-state index contributed by atoms with van der Waals surface area (Å²) in [6, 6.07) is 16.7. The van der Waals surface area contributed by atoms with Crippen molar-refractivity contribution < 1.29 is 14.6 Å². The fourth-order valence-electron chi connectivity index (χ4n) is 5.67. The number of amides is 1. The number of hydrogen-bond acceptors (Lipinski definition) is 6. The highest BCUT2D eigenvalue weighted by Gasteiger charge is 2.35. The molecule has 0 aliphatic carbocycles. The molecule has 4 heterocycles. The normalized spacial score (nSPS) is 20.8. The van der Waals surface area contributed by atoms with Crippen molar-refractivity contribution in [3.05, 3.63) is 92.6 Å². The van der Waals surface area contributed by atoms with Gasteiger partial charge in [-0.05, 0) is 67.8 Å². The molecule has 9 nitrogen and oxygen atoms in total. The number of carbonyl (C=O) groups excluding carboxylic acids is 1. The summed E-state index contributed by atoms with van der Waals surface area (Å²) in [5.74, 6) is -0.106. The molecule has 0 bridgehead atoms. The van der Waals surface area contributed by atoms with Gasteiger partial charge < -0.3 is 20.1 Å². The number of ether oxygens (including phenoxy) is 1. The van der Waals surface area contributed by atoms with Crippen LogP contribution in [0.2, 0.25) is 10.2 Å². The minimum atomic E-state index is -1.15. The predicted octanol–water partition coefficient (Wildman–Crippen LogP) is 4.21. The van der Waals surface area contributed by atoms with Crippen LogP contribution in [-0.2, 0) is 11.3 Å². The van der Waals surface area contributed by atoms with Crippen molar-refractivity contribution in [3.63, 3.8) is 0 Å². The Bertz CT molecular complexity index is 1630. The van der Waals surface area contributed by atoms with Gasteiger partial charge in [-0.1, -0.05) is 35.3 Å². The topological polar surface area (TPSA) is 102 Å². The van der Waals surface area contributed by atoms with Gasteiger partial charge in [0, 0.05) is 35.4 Å². The summed E-state index contributed by atoms with van der Waals surface area (Å²) in [4.78, 5) is 32.6. The fraction of sp³-hybridized carbons (Fsp3) is 0.367. The fourth-order valence-corrected chi connectivity index (χ4v) is 6.08. The van der Waals surface area contributed by atoms with E-state index < -0.39 is 5.60 Å². The van der Waals surface area contributed by atoms with Crippen LogP contribution in [0.1, 0.15) is 41.7 Å². The SMILES string of the molecule is CC1COCC(c2ccc(-n3c(Cl)cc4c(=O)n(CC5(O)CCN(C(=O)c6ccc(Cl)cc6)CC5)cnc43)cc2)N1. The van der Waals surface area contributed by atoms with E-state index in [0.717, 1.165) is 11.3 Å². The summed E-state index contributed by atoms with van der Waals surface area (Å²) in [5.41, 5.74) is 1.48. The molecular weight excluding hydrogens is 565 g/mol. The molecule has 2 unspecified atom stereocenters. The van der Waals surface area contributed by atoms with Gasteiger partial charge in [-0.15, -0.1) is 0 Å². The van der Waals surface area contributed by atoms with Gasteiger partial charge in [0.25, 0.3) is 11.5 Å². The lowest BCUT2D eigenvalue weighted by Crippen LogP contribution is -2.49. The van der Waals surface area contributed by atoms with E-state index in [-0.39, 0.29) is 30.1 Å². The van der Waals surface area contributed by atoms with Crippen molar-refractivity contribution >= 4 is 40.1 Å². The Balaban J connectivity index is 1.18. The number of nitrogens with zero attached hydrogens (tertiary/aromatic N) is 4. The number of hydrogen-bond donors (Lipinski definition) is 2. The smallest absolute Gasteiger partial charge is 0.262 e. The van der Waals surface area contributed by atoms with Crippen LogP contribution in [0.5, 0.6) is 0 Å². The first-order chi connectivity index (χ1) is 19.7. The van der Waals surface area contributed by atoms with E-state index in [1.165, 1.54) is 10.9 Å². The van der Waals surface area contributed by atoms with Crippen molar-refractivity contribution in [1.29, 1.82) is 0 Å². The average Bonchev–Trinajstić information content (AvgIpc) is 3.31. The van der Waals surface area contributed by atoms with Crippen molar-refractivity contribution in [2.75, 3.05) is 26.3 Å². The van der Waals surface area contributed by atoms with Crippen molar-refractivity contribution in [3.8, 4) is 5.69 Å². The van der Waals surface area contributed by atoms with Crippen LogP contribution in [0.15, 0.2) is 65.7 Å². The maximum Gasteiger partial charge on any atom is 0.262 e. The number of morpholine rings is 1. The van der Waals surface area contributed by atoms with Crippen LogP contribution in [0.3, 0.4) is 0 Å². The summed E-state index contributed by atoms with van der Waals surface area (Å²) in [6.45, 7) is 4.23. The molecule has 11 heteroatoms. The number of fused-ring (bicyclic) bond motifs is 1. The molecule has 2 N–H and O–H groups in total. The predicted molar refractivity (Wildman–Crippen MR) is 158 cm³/mol. The second-order valence-electron chi connectivity index (χ2n) is 11.0. The molecule has 4 aromatic rings. The minimum Gasteiger partial charge on any atom is -0.388 e. The number of piperidine rings is 1. The summed E-state index contributed by atoms with van der Waals surface area (Å²) >= 11 is 12.5. The summed E-state index contributed by atoms with van der Waals surface area (Å²) in [7, 11) is 0. The van der Waals surface area contributed by atoms with Crippen LogP contribution >= 0.6 is 23.2 Å². The number of benzene rings is 2. The van der Waals surface area contributed by atoms with E-state index in [9.17, 15) is 14.7 Å². The zero-order chi connectivity index (χ0) is 28.7. The molecule has 2 aliphatic heterocycles. The van der Waals surface area contributed by atoms with Crippen LogP contribution in [0, 0.1) is 0 Å². The molecule has 0 spiro atoms. The molecular formula is C30H31Cl2N5O4. The van der Waals surface area contributed by atoms with Gasteiger partial charge in [-0.2, -0.15) is 0 Å². The maximum absolute atomic E-state index is 13.5. The van der Waals surface area contributed by atoms with E-state index in [2.05, 4.69) is 17.2 Å². The molecule has 0 radical (unpaired) electrons. The first-order valence-electron chi connectivity index (χ1n) is 13.7. The first-order valence-corrected chi connectivity index (χ1v) is 14.4. The highest BCUT2D eigenvalue weighted by atomic mass is 35.5. The summed E-state index contributed by atoms with van der Waals surface area (Å²) in [5, 5.41) is 16.2. The van der Waals surface area contributed by atoms with Gasteiger partial charge in [0.1, 0.15) is 11.5 Å². The lowest BCUT2D eigenvalue weighted by atomic mass is 9.91. The van der Waals surface area contributed by atoms with Gasteiger partial charge in [0.15, 0.2) is 5.65 Å². The van der Waals surface area contributed by atoms with Gasteiger partial charge >= 0.3 is 0 Å². The largest absolute Gasteiger partial charge is 0.388 e. The summed E-state index contributed by atoms with van der Waals surface area (Å²) < 4.78 is 8.85. The van der Waals surface area contributed by atoms with Gasteiger partial charge in [0.05, 0.1) is 36.8 Å². The monoisotopic (exact) mass is 595 g/mol. The molecule has 0 saturated carbocycles. The van der Waals surface area contributed by atoms with Crippen molar-refractivity contribution in [2.24, 2.45) is 0 Å². The number of rotatable bonds is 5. The van der Waals surface area contributed by atoms with Crippen LogP contribution in [0.4, 0.5) is 0 Å². The number of carbonyl (C=O) groups is 1. The molecule has 1 amide bonds. The molecule has 2 aromatic heterocycles. The van der Waals surface area contributed by atoms with Crippen molar-refractivity contribution in [1.82, 2.24) is 24.3 Å². The number of likely N-dealkylation sites (tertiary alicyclic amines) is 1. The molecule has 2 atom stereocenters. The molecule has 41 heavy (non-hydrogen) atoms. The molecule has 214 valence electrons. The molecule has 2 fully saturated rings. The third kappa shape index (κ3) is 5.65. The second kappa shape index (κ2) is 11.2. The van der Waals surface area contributed by atoms with E-state index in [1.807, 2.05) is 24.3 Å². The highest BCUT2D eigenvalue weighted by Crippen LogP contribution is 2.28. The van der Waals surface area contributed by atoms with Crippen LogP contribution in [-0.4, -0.2) is 68.0 Å². The zero-order valence-corrected chi connectivity index (χ0v) is 24.1. The molecule has 2 aliphatic rings. The lowest BCUT2D eigenvalue weighted by molar-refractivity contribution is -0.0299. The molecule has 6 rings (SSSR count). The number of nitrogens with one attached hydrogen (secondary N) is 1. The first kappa shape index (κ1) is 27.9. The third-order valence-corrected chi connectivity index (χ3v) is 8.50. The van der Waals surface area contributed by atoms with E-state index in [1.54, 1.807) is 39.8 Å². The van der Waals surface area contributed by atoms with Crippen LogP contribution < -0.4 is 10.9 Å². The number of halogens is 2. The number of aromatic nitrogens is 3. The second-order valence-corrected chi connectivity index (χ2v) is 11.8. The standard InChI is InChI=1S/C30H31Cl2N5O4/c1-19-15-41-16-25(34-19)20-4-8-23(9-5-20)37-26(32)14-24-27(37)33-18-36(29(24)39)17-30(40)10-12-35(13-11-30)28(38)21-2-6-22(31)7-3-21/h2-9,14,18-19,25,34,40H,10-13,15-17H2,1H3. The Morgan fingerprint density at radius 3 is 2.49 bits per heavy atom. The summed E-state index contributed by atoms with van der Waals surface area (Å²) in [6.07, 6.45) is 2.13. The Kier molecular flexibility index (Phi) is 7.65. The Labute approximate surface area is 247 Å². The zero-order valence-electron chi connectivity index (χ0n) is 22.6. The molecule has 2 aromatic carbocycles. The van der Waals surface area contributed by atoms with E-state index in [4.69, 9.17) is 27.9 Å². The van der Waals surface area contributed by atoms with E-state index >= 15 is 0 Å². The maximum atomic E-state index is 13.5. The lowest BCUT2D eigenvalue weighted by Gasteiger charge is -2.38. The van der Waals surface area contributed by atoms with Gasteiger partial charge in [-0.3, -0.25) is 18.7 Å². The Morgan fingerprint density at radius 2 is 1.80 bits per heavy atom. The average molecular weight is 597 g/mol. The minimum absolute atomic E-state index is 0.0735. The van der Waals surface area contributed by atoms with Crippen LogP contribution in [0.25, 0.3) is 16.7 Å². The van der Waals surface area contributed by atoms with Crippen molar-refractivity contribution in [2.45, 2.75) is 44.0 Å². The quantitative estimate of drug-likeness (QED) is 0.358. The third-order valence-electron chi connectivity index (χ3n) is 7.97. The Hall–Kier alpha value is -3.21. The number of aliphatic hydroxyl groups is 1. The van der Waals surface area contributed by atoms with Gasteiger partial charge in [-0.25, -0.2) is 4.98 Å². The van der Waals surface area contributed by atoms with E-state index in [0.29, 0.717) is 65.9 Å². The Morgan fingerprint density at radius 1 is 1.10 bits per heavy atom. The van der Waals surface area contributed by atoms with Gasteiger partial charge in [0.2, 0.25) is 0 Å².